The van der Waals surface area contributed by atoms with Gasteiger partial charge in [0.1, 0.15) is 0 Å². The van der Waals surface area contributed by atoms with Crippen LogP contribution in [0.25, 0.3) is 0 Å². The molecule has 0 rings (SSSR count). The second-order valence-electron chi connectivity index (χ2n) is 2.52. The largest absolute Gasteiger partial charge is 0.502 e. The van der Waals surface area contributed by atoms with Gasteiger partial charge in [0.25, 0.3) is 0 Å². The van der Waals surface area contributed by atoms with Gasteiger partial charge in [0.2, 0.25) is 0 Å². The molecule has 0 aromatic carbocycles. The van der Waals surface area contributed by atoms with E-state index in [2.05, 4.69) is 13.8 Å². The molecule has 0 N–H and O–H groups in total. The van der Waals surface area contributed by atoms with E-state index >= 15 is 0 Å². The van der Waals surface area contributed by atoms with Crippen molar-refractivity contribution in [1.82, 2.24) is 0 Å². The fraction of sp³-hybridized carbons (Fsp3) is 0.778. The van der Waals surface area contributed by atoms with Gasteiger partial charge in [0.15, 0.2) is 0 Å². The Morgan fingerprint density at radius 3 is 2.60 bits per heavy atom. The fourth-order valence-electron chi connectivity index (χ4n) is 0.740. The van der Waals surface area contributed by atoms with Crippen molar-refractivity contribution in [2.75, 3.05) is 6.61 Å². The molecular formula is C9H18O. The minimum absolute atomic E-state index is 0.781. The van der Waals surface area contributed by atoms with E-state index in [9.17, 15) is 0 Å². The van der Waals surface area contributed by atoms with Crippen LogP contribution in [0.1, 0.15) is 40.0 Å². The molecule has 1 heteroatoms. The van der Waals surface area contributed by atoms with E-state index in [1.165, 1.54) is 24.8 Å². The summed E-state index contributed by atoms with van der Waals surface area (Å²) < 4.78 is 5.13. The number of unbranched alkanes of at least 4 members (excludes halogenated alkanes) is 1. The number of rotatable bonds is 5. The van der Waals surface area contributed by atoms with Crippen LogP contribution in [0.4, 0.5) is 0 Å². The third-order valence-corrected chi connectivity index (χ3v) is 1.38. The molecule has 0 amide bonds. The highest BCUT2D eigenvalue weighted by molar-refractivity contribution is 4.92. The lowest BCUT2D eigenvalue weighted by Crippen LogP contribution is -1.82. The number of ether oxygens (including phenoxy) is 1. The molecule has 0 heterocycles. The third kappa shape index (κ3) is 5.67. The monoisotopic (exact) mass is 142 g/mol. The average molecular weight is 142 g/mol. The molecule has 0 radical (unpaired) electrons. The fourth-order valence-corrected chi connectivity index (χ4v) is 0.740. The van der Waals surface area contributed by atoms with Crippen LogP contribution in [0.2, 0.25) is 0 Å². The van der Waals surface area contributed by atoms with Gasteiger partial charge in [0, 0.05) is 0 Å². The molecule has 0 fully saturated rings. The Labute approximate surface area is 64.1 Å². The second kappa shape index (κ2) is 6.66. The van der Waals surface area contributed by atoms with Gasteiger partial charge in [-0.15, -0.1) is 0 Å². The Morgan fingerprint density at radius 1 is 1.40 bits per heavy atom. The third-order valence-electron chi connectivity index (χ3n) is 1.38. The maximum atomic E-state index is 5.13. The van der Waals surface area contributed by atoms with Gasteiger partial charge in [0.05, 0.1) is 12.9 Å². The van der Waals surface area contributed by atoms with Crippen LogP contribution in [-0.4, -0.2) is 6.61 Å². The molecule has 0 saturated carbocycles. The summed E-state index contributed by atoms with van der Waals surface area (Å²) in [6.07, 6.45) is 5.58. The summed E-state index contributed by atoms with van der Waals surface area (Å²) in [4.78, 5) is 0. The lowest BCUT2D eigenvalue weighted by Gasteiger charge is -1.99. The predicted octanol–water partition coefficient (Wildman–Crippen LogP) is 3.12. The van der Waals surface area contributed by atoms with Gasteiger partial charge < -0.3 is 4.74 Å². The first kappa shape index (κ1) is 9.54. The average Bonchev–Trinajstić information content (AvgIpc) is 1.97. The summed E-state index contributed by atoms with van der Waals surface area (Å²) >= 11 is 0. The van der Waals surface area contributed by atoms with E-state index in [1.54, 1.807) is 0 Å². The Hall–Kier alpha value is -0.460. The van der Waals surface area contributed by atoms with Crippen LogP contribution in [0.15, 0.2) is 11.8 Å². The Morgan fingerprint density at radius 2 is 2.10 bits per heavy atom. The highest BCUT2D eigenvalue weighted by Gasteiger charge is 1.87. The van der Waals surface area contributed by atoms with Gasteiger partial charge in [-0.1, -0.05) is 13.3 Å². The number of allylic oxidation sites excluding steroid dienone is 1. The van der Waals surface area contributed by atoms with Crippen LogP contribution in [0, 0.1) is 0 Å². The van der Waals surface area contributed by atoms with Crippen LogP contribution in [-0.2, 0) is 4.74 Å². The predicted molar refractivity (Wildman–Crippen MR) is 44.9 cm³/mol. The van der Waals surface area contributed by atoms with Crippen LogP contribution >= 0.6 is 0 Å². The molecule has 0 aromatic heterocycles. The van der Waals surface area contributed by atoms with E-state index in [1.807, 2.05) is 13.2 Å². The summed E-state index contributed by atoms with van der Waals surface area (Å²) in [7, 11) is 0. The summed E-state index contributed by atoms with van der Waals surface area (Å²) in [6, 6.07) is 0. The maximum absolute atomic E-state index is 5.13. The highest BCUT2D eigenvalue weighted by Crippen LogP contribution is 2.05. The molecule has 0 aliphatic heterocycles. The van der Waals surface area contributed by atoms with Crippen molar-refractivity contribution in [2.24, 2.45) is 0 Å². The zero-order valence-corrected chi connectivity index (χ0v) is 7.31. The summed E-state index contributed by atoms with van der Waals surface area (Å²) in [5.41, 5.74) is 1.35. The zero-order valence-electron chi connectivity index (χ0n) is 7.31. The van der Waals surface area contributed by atoms with Crippen LogP contribution in [0.3, 0.4) is 0 Å². The summed E-state index contributed by atoms with van der Waals surface area (Å²) in [5.74, 6) is 0. The normalized spacial score (nSPS) is 11.7. The molecule has 60 valence electrons. The van der Waals surface area contributed by atoms with Crippen molar-refractivity contribution in [3.05, 3.63) is 11.8 Å². The van der Waals surface area contributed by atoms with Crippen LogP contribution in [0.5, 0.6) is 0 Å². The van der Waals surface area contributed by atoms with Gasteiger partial charge in [-0.25, -0.2) is 0 Å². The lowest BCUT2D eigenvalue weighted by atomic mass is 10.1. The molecule has 0 aliphatic rings. The summed E-state index contributed by atoms with van der Waals surface area (Å²) in [6.45, 7) is 7.10. The van der Waals surface area contributed by atoms with Crippen LogP contribution < -0.4 is 0 Å². The Balaban J connectivity index is 3.30. The molecule has 0 aromatic rings. The van der Waals surface area contributed by atoms with E-state index in [4.69, 9.17) is 4.74 Å². The molecule has 0 aliphatic carbocycles. The first-order valence-electron chi connectivity index (χ1n) is 4.08. The highest BCUT2D eigenvalue weighted by atomic mass is 16.5. The molecule has 0 atom stereocenters. The minimum atomic E-state index is 0.781. The van der Waals surface area contributed by atoms with Gasteiger partial charge >= 0.3 is 0 Å². The smallest absolute Gasteiger partial charge is 0.0845 e. The van der Waals surface area contributed by atoms with Crippen molar-refractivity contribution >= 4 is 0 Å². The maximum Gasteiger partial charge on any atom is 0.0845 e. The molecule has 1 nitrogen and oxygen atoms in total. The standard InChI is InChI=1S/C9H18O/c1-4-6-7-9(3)8-10-5-2/h8H,4-7H2,1-3H3. The number of hydrogen-bond donors (Lipinski definition) is 0. The Bertz CT molecular complexity index is 94.9. The van der Waals surface area contributed by atoms with Gasteiger partial charge in [-0.2, -0.15) is 0 Å². The molecule has 0 saturated heterocycles. The molecule has 0 bridgehead atoms. The quantitative estimate of drug-likeness (QED) is 0.536. The van der Waals surface area contributed by atoms with Crippen molar-refractivity contribution in [2.45, 2.75) is 40.0 Å². The van der Waals surface area contributed by atoms with Gasteiger partial charge in [-0.05, 0) is 32.3 Å². The SMILES string of the molecule is CCCCC(C)=COCC. The molecule has 0 spiro atoms. The topological polar surface area (TPSA) is 9.23 Å². The molecular weight excluding hydrogens is 124 g/mol. The van der Waals surface area contributed by atoms with Gasteiger partial charge in [-0.3, -0.25) is 0 Å². The van der Waals surface area contributed by atoms with E-state index in [-0.39, 0.29) is 0 Å². The van der Waals surface area contributed by atoms with E-state index in [0.717, 1.165) is 6.61 Å². The molecule has 10 heavy (non-hydrogen) atoms. The molecule has 0 unspecified atom stereocenters. The van der Waals surface area contributed by atoms with E-state index < -0.39 is 0 Å². The second-order valence-corrected chi connectivity index (χ2v) is 2.52. The van der Waals surface area contributed by atoms with Crippen molar-refractivity contribution in [3.8, 4) is 0 Å². The van der Waals surface area contributed by atoms with Crippen molar-refractivity contribution < 1.29 is 4.74 Å². The number of hydrogen-bond acceptors (Lipinski definition) is 1. The first-order chi connectivity index (χ1) is 4.81. The lowest BCUT2D eigenvalue weighted by molar-refractivity contribution is 0.265. The van der Waals surface area contributed by atoms with E-state index in [0.29, 0.717) is 0 Å². The van der Waals surface area contributed by atoms with Crippen molar-refractivity contribution in [3.63, 3.8) is 0 Å². The summed E-state index contributed by atoms with van der Waals surface area (Å²) in [5, 5.41) is 0. The minimum Gasteiger partial charge on any atom is -0.502 e. The zero-order chi connectivity index (χ0) is 7.82. The Kier molecular flexibility index (Phi) is 6.35. The first-order valence-corrected chi connectivity index (χ1v) is 4.08. The van der Waals surface area contributed by atoms with Crippen molar-refractivity contribution in [1.29, 1.82) is 0 Å².